The molecule has 3 rings (SSSR count). The molecule has 0 aliphatic rings. The molecule has 31 heavy (non-hydrogen) atoms. The molecule has 0 saturated heterocycles. The summed E-state index contributed by atoms with van der Waals surface area (Å²) in [6.45, 7) is 3.50. The molecular formula is C23H24N2O5S. The van der Waals surface area contributed by atoms with Crippen LogP contribution in [0.25, 0.3) is 0 Å². The molecule has 162 valence electrons. The van der Waals surface area contributed by atoms with E-state index in [1.807, 2.05) is 13.0 Å². The normalized spacial score (nSPS) is 12.0. The lowest BCUT2D eigenvalue weighted by atomic mass is 10.2. The number of carbonyl (C=O) groups excluding carboxylic acids is 1. The Balaban J connectivity index is 1.65. The Morgan fingerprint density at radius 2 is 1.58 bits per heavy atom. The minimum Gasteiger partial charge on any atom is -0.493 e. The van der Waals surface area contributed by atoms with Gasteiger partial charge >= 0.3 is 0 Å². The van der Waals surface area contributed by atoms with Gasteiger partial charge in [0.25, 0.3) is 15.9 Å². The molecule has 0 spiro atoms. The highest BCUT2D eigenvalue weighted by Gasteiger charge is 2.18. The lowest BCUT2D eigenvalue weighted by Gasteiger charge is -2.16. The van der Waals surface area contributed by atoms with Gasteiger partial charge in [-0.2, -0.15) is 0 Å². The molecule has 3 aromatic carbocycles. The van der Waals surface area contributed by atoms with Gasteiger partial charge in [-0.05, 0) is 67.9 Å². The number of rotatable bonds is 8. The molecule has 0 aliphatic carbocycles. The number of amides is 1. The van der Waals surface area contributed by atoms with Crippen LogP contribution in [0.5, 0.6) is 11.5 Å². The van der Waals surface area contributed by atoms with Crippen molar-refractivity contribution in [3.63, 3.8) is 0 Å². The summed E-state index contributed by atoms with van der Waals surface area (Å²) >= 11 is 0. The van der Waals surface area contributed by atoms with Gasteiger partial charge in [0, 0.05) is 11.4 Å². The quantitative estimate of drug-likeness (QED) is 0.547. The fourth-order valence-corrected chi connectivity index (χ4v) is 3.89. The van der Waals surface area contributed by atoms with E-state index in [0.717, 1.165) is 5.56 Å². The van der Waals surface area contributed by atoms with Gasteiger partial charge in [-0.3, -0.25) is 9.52 Å². The van der Waals surface area contributed by atoms with Crippen LogP contribution in [-0.2, 0) is 14.8 Å². The van der Waals surface area contributed by atoms with E-state index in [9.17, 15) is 13.2 Å². The van der Waals surface area contributed by atoms with Crippen LogP contribution in [0.4, 0.5) is 11.4 Å². The summed E-state index contributed by atoms with van der Waals surface area (Å²) in [5.74, 6) is 0.605. The number of hydrogen-bond acceptors (Lipinski definition) is 5. The van der Waals surface area contributed by atoms with Gasteiger partial charge in [0.1, 0.15) is 0 Å². The van der Waals surface area contributed by atoms with Gasteiger partial charge in [-0.15, -0.1) is 0 Å². The van der Waals surface area contributed by atoms with Crippen molar-refractivity contribution in [2.75, 3.05) is 17.1 Å². The van der Waals surface area contributed by atoms with Crippen LogP contribution in [0, 0.1) is 6.92 Å². The van der Waals surface area contributed by atoms with Crippen molar-refractivity contribution < 1.29 is 22.7 Å². The molecule has 2 N–H and O–H groups in total. The van der Waals surface area contributed by atoms with Crippen molar-refractivity contribution in [2.24, 2.45) is 0 Å². The van der Waals surface area contributed by atoms with Crippen molar-refractivity contribution in [1.82, 2.24) is 0 Å². The van der Waals surface area contributed by atoms with Gasteiger partial charge in [0.2, 0.25) is 0 Å². The van der Waals surface area contributed by atoms with Gasteiger partial charge in [0.15, 0.2) is 17.6 Å². The Hall–Kier alpha value is -3.52. The van der Waals surface area contributed by atoms with E-state index >= 15 is 0 Å². The van der Waals surface area contributed by atoms with Crippen LogP contribution in [-0.4, -0.2) is 27.5 Å². The average molecular weight is 441 g/mol. The first-order chi connectivity index (χ1) is 14.8. The SMILES string of the molecule is COc1ccccc1O[C@H](C)C(=O)Nc1ccc(S(=O)(=O)Nc2cccc(C)c2)cc1. The van der Waals surface area contributed by atoms with Crippen molar-refractivity contribution >= 4 is 27.3 Å². The molecule has 3 aromatic rings. The number of hydrogen-bond donors (Lipinski definition) is 2. The van der Waals surface area contributed by atoms with Crippen LogP contribution >= 0.6 is 0 Å². The number of nitrogens with one attached hydrogen (secondary N) is 2. The molecule has 0 radical (unpaired) electrons. The van der Waals surface area contributed by atoms with Gasteiger partial charge in [0.05, 0.1) is 12.0 Å². The van der Waals surface area contributed by atoms with Crippen molar-refractivity contribution in [1.29, 1.82) is 0 Å². The van der Waals surface area contributed by atoms with E-state index in [1.54, 1.807) is 49.4 Å². The Kier molecular flexibility index (Phi) is 6.81. The summed E-state index contributed by atoms with van der Waals surface area (Å²) in [6, 6.07) is 20.0. The Labute approximate surface area is 182 Å². The highest BCUT2D eigenvalue weighted by molar-refractivity contribution is 7.92. The molecule has 0 aromatic heterocycles. The molecule has 0 fully saturated rings. The summed E-state index contributed by atoms with van der Waals surface area (Å²) in [7, 11) is -2.22. The Bertz CT molecular complexity index is 1160. The number of para-hydroxylation sites is 2. The number of ether oxygens (including phenoxy) is 2. The van der Waals surface area contributed by atoms with E-state index in [4.69, 9.17) is 9.47 Å². The lowest BCUT2D eigenvalue weighted by Crippen LogP contribution is -2.30. The van der Waals surface area contributed by atoms with E-state index < -0.39 is 16.1 Å². The third-order valence-electron chi connectivity index (χ3n) is 4.44. The second-order valence-corrected chi connectivity index (χ2v) is 8.58. The fourth-order valence-electron chi connectivity index (χ4n) is 2.84. The van der Waals surface area contributed by atoms with Crippen LogP contribution in [0.15, 0.2) is 77.7 Å². The number of carbonyl (C=O) groups is 1. The first kappa shape index (κ1) is 22.2. The fraction of sp³-hybridized carbons (Fsp3) is 0.174. The van der Waals surface area contributed by atoms with Crippen LogP contribution in [0.3, 0.4) is 0 Å². The maximum Gasteiger partial charge on any atom is 0.265 e. The third kappa shape index (κ3) is 5.76. The molecule has 1 atom stereocenters. The molecule has 1 amide bonds. The maximum absolute atomic E-state index is 12.6. The second kappa shape index (κ2) is 9.53. The van der Waals surface area contributed by atoms with Gasteiger partial charge in [-0.25, -0.2) is 8.42 Å². The molecule has 0 heterocycles. The van der Waals surface area contributed by atoms with Crippen molar-refractivity contribution in [2.45, 2.75) is 24.8 Å². The minimum absolute atomic E-state index is 0.0883. The summed E-state index contributed by atoms with van der Waals surface area (Å²) < 4.78 is 38.6. The van der Waals surface area contributed by atoms with Gasteiger partial charge < -0.3 is 14.8 Å². The first-order valence-electron chi connectivity index (χ1n) is 9.58. The molecule has 0 unspecified atom stereocenters. The second-order valence-electron chi connectivity index (χ2n) is 6.90. The number of benzene rings is 3. The van der Waals surface area contributed by atoms with E-state index in [0.29, 0.717) is 22.9 Å². The lowest BCUT2D eigenvalue weighted by molar-refractivity contribution is -0.122. The Morgan fingerprint density at radius 3 is 2.23 bits per heavy atom. The van der Waals surface area contributed by atoms with Crippen molar-refractivity contribution in [3.8, 4) is 11.5 Å². The molecule has 7 nitrogen and oxygen atoms in total. The van der Waals surface area contributed by atoms with E-state index in [1.165, 1.54) is 31.4 Å². The topological polar surface area (TPSA) is 93.7 Å². The molecular weight excluding hydrogens is 416 g/mol. The monoisotopic (exact) mass is 440 g/mol. The predicted molar refractivity (Wildman–Crippen MR) is 120 cm³/mol. The zero-order valence-electron chi connectivity index (χ0n) is 17.5. The number of sulfonamides is 1. The molecule has 0 saturated carbocycles. The average Bonchev–Trinajstić information content (AvgIpc) is 2.74. The maximum atomic E-state index is 12.6. The van der Waals surface area contributed by atoms with Crippen LogP contribution in [0.1, 0.15) is 12.5 Å². The zero-order valence-corrected chi connectivity index (χ0v) is 18.3. The summed E-state index contributed by atoms with van der Waals surface area (Å²) in [4.78, 5) is 12.6. The summed E-state index contributed by atoms with van der Waals surface area (Å²) in [6.07, 6.45) is -0.789. The van der Waals surface area contributed by atoms with E-state index in [2.05, 4.69) is 10.0 Å². The molecule has 0 bridgehead atoms. The largest absolute Gasteiger partial charge is 0.493 e. The molecule has 0 aliphatic heterocycles. The standard InChI is InChI=1S/C23H24N2O5S/c1-16-7-6-8-19(15-16)25-31(27,28)20-13-11-18(12-14-20)24-23(26)17(2)30-22-10-5-4-9-21(22)29-3/h4-15,17,25H,1-3H3,(H,24,26)/t17-/m1/s1. The predicted octanol–water partition coefficient (Wildman–Crippen LogP) is 4.21. The smallest absolute Gasteiger partial charge is 0.265 e. The highest BCUT2D eigenvalue weighted by Crippen LogP contribution is 2.27. The van der Waals surface area contributed by atoms with Crippen LogP contribution < -0.4 is 19.5 Å². The Morgan fingerprint density at radius 1 is 0.903 bits per heavy atom. The van der Waals surface area contributed by atoms with Crippen molar-refractivity contribution in [3.05, 3.63) is 78.4 Å². The van der Waals surface area contributed by atoms with Gasteiger partial charge in [-0.1, -0.05) is 24.3 Å². The minimum atomic E-state index is -3.74. The van der Waals surface area contributed by atoms with Crippen LogP contribution in [0.2, 0.25) is 0 Å². The van der Waals surface area contributed by atoms with E-state index in [-0.39, 0.29) is 10.8 Å². The summed E-state index contributed by atoms with van der Waals surface area (Å²) in [5, 5.41) is 2.72. The zero-order chi connectivity index (χ0) is 22.4. The third-order valence-corrected chi connectivity index (χ3v) is 5.84. The number of anilines is 2. The summed E-state index contributed by atoms with van der Waals surface area (Å²) in [5.41, 5.74) is 1.89. The first-order valence-corrected chi connectivity index (χ1v) is 11.1. The number of aryl methyl sites for hydroxylation is 1. The highest BCUT2D eigenvalue weighted by atomic mass is 32.2. The number of methoxy groups -OCH3 is 1. The molecule has 8 heteroatoms.